The molecule has 0 bridgehead atoms. The minimum Gasteiger partial charge on any atom is -0.309 e. The fourth-order valence-electron chi connectivity index (χ4n) is 11.2. The van der Waals surface area contributed by atoms with Crippen molar-refractivity contribution in [2.24, 2.45) is 0 Å². The summed E-state index contributed by atoms with van der Waals surface area (Å²) in [5.74, 6) is 0. The van der Waals surface area contributed by atoms with Crippen LogP contribution in [0.15, 0.2) is 218 Å². The Bertz CT molecular complexity index is 4070. The number of fused-ring (bicyclic) bond motifs is 15. The fraction of sp³-hybridized carbons (Fsp3) is 0.0169. The Hall–Kier alpha value is -7.72. The van der Waals surface area contributed by atoms with E-state index in [0.717, 1.165) is 104 Å². The van der Waals surface area contributed by atoms with E-state index in [1.165, 1.54) is 4.70 Å². The van der Waals surface area contributed by atoms with Crippen molar-refractivity contribution >= 4 is 81.1 Å². The third kappa shape index (κ3) is 4.37. The van der Waals surface area contributed by atoms with Crippen LogP contribution in [-0.4, -0.2) is 4.57 Å². The van der Waals surface area contributed by atoms with Crippen LogP contribution < -0.4 is 4.90 Å². The molecule has 0 aliphatic heterocycles. The summed E-state index contributed by atoms with van der Waals surface area (Å²) in [5.41, 5.74) is 12.1. The molecule has 0 saturated carbocycles. The van der Waals surface area contributed by atoms with Crippen molar-refractivity contribution < 1.29 is 5.48 Å². The second kappa shape index (κ2) is 12.7. The summed E-state index contributed by atoms with van der Waals surface area (Å²) >= 11 is 1.78. The van der Waals surface area contributed by atoms with Crippen LogP contribution >= 0.6 is 11.3 Å². The van der Waals surface area contributed by atoms with E-state index in [1.807, 2.05) is 6.07 Å². The van der Waals surface area contributed by atoms with Crippen LogP contribution in [0.2, 0.25) is 0 Å². The van der Waals surface area contributed by atoms with Crippen molar-refractivity contribution in [1.82, 2.24) is 4.57 Å². The van der Waals surface area contributed by atoms with E-state index >= 15 is 0 Å². The highest BCUT2D eigenvalue weighted by Crippen LogP contribution is 2.64. The third-order valence-corrected chi connectivity index (χ3v) is 14.6. The molecule has 14 rings (SSSR count). The molecular weight excluding hydrogens is 769 g/mol. The molecule has 0 N–H and O–H groups in total. The van der Waals surface area contributed by atoms with E-state index in [1.54, 1.807) is 11.3 Å². The summed E-state index contributed by atoms with van der Waals surface area (Å²) in [6.45, 7) is 0. The average molecular weight is 809 g/mol. The zero-order valence-corrected chi connectivity index (χ0v) is 34.1. The van der Waals surface area contributed by atoms with Gasteiger partial charge in [0.15, 0.2) is 0 Å². The lowest BCUT2D eigenvalue weighted by Crippen LogP contribution is -2.31. The average Bonchev–Trinajstić information content (AvgIpc) is 4.02. The predicted octanol–water partition coefficient (Wildman–Crippen LogP) is 16.1. The molecule has 0 amide bonds. The molecule has 2 aliphatic rings. The van der Waals surface area contributed by atoms with Gasteiger partial charge in [0.25, 0.3) is 0 Å². The van der Waals surface area contributed by atoms with Gasteiger partial charge < -0.3 is 9.47 Å². The van der Waals surface area contributed by atoms with Crippen molar-refractivity contribution in [2.45, 2.75) is 5.41 Å². The Morgan fingerprint density at radius 1 is 0.452 bits per heavy atom. The minimum absolute atomic E-state index is 0.0213. The highest BCUT2D eigenvalue weighted by atomic mass is 32.1. The standard InChI is InChI=1S/C59H36N2S/c1-2-18-38(19-3-1)60-50-29-10-6-21-41(50)45-36-39(34-35-51(45)60)61(53-31-15-33-55-58(53)44-23-7-11-32-54(44)62-55)52-30-14-28-49-57(52)43-22-5-9-26-47(43)59(49)46-25-8-4-20-40(46)42-24-12-16-37-17-13-27-48(59)56(37)42/h1-36H/i5D,9D,22D,26D. The second-order valence-corrected chi connectivity index (χ2v) is 17.5. The molecule has 10 aromatic carbocycles. The highest BCUT2D eigenvalue weighted by Gasteiger charge is 2.51. The molecule has 1 unspecified atom stereocenters. The van der Waals surface area contributed by atoms with E-state index in [-0.39, 0.29) is 24.2 Å². The largest absolute Gasteiger partial charge is 0.309 e. The summed E-state index contributed by atoms with van der Waals surface area (Å²) in [5, 5.41) is 6.73. The Morgan fingerprint density at radius 2 is 1.13 bits per heavy atom. The van der Waals surface area contributed by atoms with Gasteiger partial charge in [0.1, 0.15) is 0 Å². The Balaban J connectivity index is 1.15. The molecule has 1 atom stereocenters. The van der Waals surface area contributed by atoms with Gasteiger partial charge in [0.2, 0.25) is 0 Å². The van der Waals surface area contributed by atoms with E-state index in [2.05, 4.69) is 198 Å². The number of anilines is 3. The summed E-state index contributed by atoms with van der Waals surface area (Å²) in [7, 11) is 0. The maximum atomic E-state index is 9.99. The van der Waals surface area contributed by atoms with Crippen LogP contribution in [0.3, 0.4) is 0 Å². The maximum Gasteiger partial charge on any atom is 0.0726 e. The molecule has 0 radical (unpaired) electrons. The monoisotopic (exact) mass is 808 g/mol. The summed E-state index contributed by atoms with van der Waals surface area (Å²) in [4.78, 5) is 2.36. The second-order valence-electron chi connectivity index (χ2n) is 16.4. The molecule has 1 spiro atoms. The molecule has 2 heterocycles. The fourth-order valence-corrected chi connectivity index (χ4v) is 12.3. The molecular formula is C59H36N2S. The zero-order chi connectivity index (χ0) is 44.0. The van der Waals surface area contributed by atoms with Crippen LogP contribution in [0.4, 0.5) is 17.1 Å². The first kappa shape index (κ1) is 30.3. The molecule has 3 heteroatoms. The Labute approximate surface area is 368 Å². The lowest BCUT2D eigenvalue weighted by molar-refractivity contribution is 0.773. The SMILES string of the molecule is [2H]c1c([2H])c([2H])c2c(c1[2H])-c1c(N(c3ccc4c(c3)c3ccccc3n4-c3ccccc3)c3cccc4sc5ccccc5c34)cccc1C21c2ccccc2-c2cccc3cccc1c23. The van der Waals surface area contributed by atoms with Crippen LogP contribution in [-0.2, 0) is 5.41 Å². The van der Waals surface area contributed by atoms with Crippen molar-refractivity contribution in [3.8, 4) is 27.9 Å². The third-order valence-electron chi connectivity index (χ3n) is 13.5. The molecule has 0 saturated heterocycles. The number of para-hydroxylation sites is 2. The number of hydrogen-bond acceptors (Lipinski definition) is 2. The van der Waals surface area contributed by atoms with Gasteiger partial charge in [-0.1, -0.05) is 158 Å². The molecule has 62 heavy (non-hydrogen) atoms. The molecule has 288 valence electrons. The zero-order valence-electron chi connectivity index (χ0n) is 37.3. The number of aromatic nitrogens is 1. The first-order valence-corrected chi connectivity index (χ1v) is 21.9. The summed E-state index contributed by atoms with van der Waals surface area (Å²) in [6.07, 6.45) is 0. The first-order valence-electron chi connectivity index (χ1n) is 23.1. The van der Waals surface area contributed by atoms with E-state index in [0.29, 0.717) is 11.1 Å². The van der Waals surface area contributed by atoms with Gasteiger partial charge >= 0.3 is 0 Å². The van der Waals surface area contributed by atoms with E-state index in [9.17, 15) is 5.48 Å². The quantitative estimate of drug-likeness (QED) is 0.172. The lowest BCUT2D eigenvalue weighted by atomic mass is 9.61. The predicted molar refractivity (Wildman–Crippen MR) is 262 cm³/mol. The van der Waals surface area contributed by atoms with Crippen molar-refractivity contribution in [3.05, 3.63) is 241 Å². The first-order chi connectivity index (χ1) is 32.4. The van der Waals surface area contributed by atoms with Crippen molar-refractivity contribution in [3.63, 3.8) is 0 Å². The summed E-state index contributed by atoms with van der Waals surface area (Å²) in [6, 6.07) is 68.3. The van der Waals surface area contributed by atoms with Gasteiger partial charge in [0, 0.05) is 47.9 Å². The van der Waals surface area contributed by atoms with E-state index < -0.39 is 5.41 Å². The van der Waals surface area contributed by atoms with Gasteiger partial charge in [0.05, 0.1) is 33.3 Å². The number of nitrogens with zero attached hydrogens (tertiary/aromatic N) is 2. The van der Waals surface area contributed by atoms with Gasteiger partial charge in [-0.2, -0.15) is 0 Å². The van der Waals surface area contributed by atoms with Crippen LogP contribution in [0.5, 0.6) is 0 Å². The van der Waals surface area contributed by atoms with Gasteiger partial charge in [-0.15, -0.1) is 11.3 Å². The lowest BCUT2D eigenvalue weighted by Gasteiger charge is -2.40. The molecule has 12 aromatic rings. The molecule has 2 nitrogen and oxygen atoms in total. The molecule has 2 aromatic heterocycles. The van der Waals surface area contributed by atoms with Crippen LogP contribution in [0.1, 0.15) is 27.7 Å². The van der Waals surface area contributed by atoms with Gasteiger partial charge in [-0.25, -0.2) is 0 Å². The Kier molecular flexibility index (Phi) is 6.19. The number of thiophene rings is 1. The van der Waals surface area contributed by atoms with Gasteiger partial charge in [-0.05, 0) is 110 Å². The minimum atomic E-state index is -1.07. The normalized spacial score (nSPS) is 15.7. The number of rotatable bonds is 4. The van der Waals surface area contributed by atoms with Crippen molar-refractivity contribution in [1.29, 1.82) is 0 Å². The number of benzene rings is 10. The van der Waals surface area contributed by atoms with Crippen LogP contribution in [0, 0.1) is 0 Å². The van der Waals surface area contributed by atoms with Crippen molar-refractivity contribution in [2.75, 3.05) is 4.90 Å². The Morgan fingerprint density at radius 3 is 2.06 bits per heavy atom. The maximum absolute atomic E-state index is 9.99. The topological polar surface area (TPSA) is 8.17 Å². The highest BCUT2D eigenvalue weighted by molar-refractivity contribution is 7.26. The van der Waals surface area contributed by atoms with Gasteiger partial charge in [-0.3, -0.25) is 0 Å². The molecule has 2 aliphatic carbocycles. The smallest absolute Gasteiger partial charge is 0.0726 e. The number of hydrogen-bond donors (Lipinski definition) is 0. The van der Waals surface area contributed by atoms with E-state index in [4.69, 9.17) is 0 Å². The summed E-state index contributed by atoms with van der Waals surface area (Å²) < 4.78 is 43.2. The van der Waals surface area contributed by atoms with Crippen LogP contribution in [0.25, 0.3) is 80.7 Å². The molecule has 0 fully saturated rings.